The minimum atomic E-state index is -1.05. The molecule has 1 aromatic carbocycles. The molecule has 1 atom stereocenters. The summed E-state index contributed by atoms with van der Waals surface area (Å²) in [7, 11) is 0. The lowest BCUT2D eigenvalue weighted by atomic mass is 10.2. The lowest BCUT2D eigenvalue weighted by Crippen LogP contribution is -2.38. The highest BCUT2D eigenvalue weighted by Gasteiger charge is 2.18. The molecule has 138 valence electrons. The number of hydrogen-bond acceptors (Lipinski definition) is 4. The van der Waals surface area contributed by atoms with E-state index >= 15 is 0 Å². The van der Waals surface area contributed by atoms with Crippen LogP contribution in [0.4, 0.5) is 8.78 Å². The van der Waals surface area contributed by atoms with E-state index in [-0.39, 0.29) is 17.2 Å². The summed E-state index contributed by atoms with van der Waals surface area (Å²) < 4.78 is 27.0. The van der Waals surface area contributed by atoms with Gasteiger partial charge in [0.25, 0.3) is 5.91 Å². The van der Waals surface area contributed by atoms with Gasteiger partial charge in [0.2, 0.25) is 0 Å². The molecule has 0 aliphatic carbocycles. The summed E-state index contributed by atoms with van der Waals surface area (Å²) in [5.41, 5.74) is 10.2. The van der Waals surface area contributed by atoms with Crippen LogP contribution in [0.2, 0.25) is 5.02 Å². The van der Waals surface area contributed by atoms with Crippen LogP contribution in [-0.2, 0) is 0 Å². The first-order valence-electron chi connectivity index (χ1n) is 7.18. The Morgan fingerprint density at radius 3 is 2.46 bits per heavy atom. The van der Waals surface area contributed by atoms with Gasteiger partial charge < -0.3 is 16.8 Å². The molecule has 7 nitrogen and oxygen atoms in total. The molecule has 0 aromatic heterocycles. The predicted molar refractivity (Wildman–Crippen MR) is 99.4 cm³/mol. The smallest absolute Gasteiger partial charge is 0.252 e. The molecular weight excluding hydrogens is 366 g/mol. The van der Waals surface area contributed by atoms with E-state index in [1.807, 2.05) is 0 Å². The van der Waals surface area contributed by atoms with E-state index in [1.165, 1.54) is 18.5 Å². The fourth-order valence-corrected chi connectivity index (χ4v) is 1.79. The van der Waals surface area contributed by atoms with Gasteiger partial charge in [0, 0.05) is 11.8 Å². The first-order valence-corrected chi connectivity index (χ1v) is 7.56. The SMILES string of the molecule is C=C(N=C/C=C\N)N=C(N=CN)[C@H](C)NC(=O)c1cc(F)c(Cl)c(F)c1. The van der Waals surface area contributed by atoms with E-state index in [0.29, 0.717) is 0 Å². The van der Waals surface area contributed by atoms with Crippen molar-refractivity contribution >= 4 is 35.9 Å². The number of amides is 1. The minimum absolute atomic E-state index is 0.0772. The van der Waals surface area contributed by atoms with Gasteiger partial charge in [-0.3, -0.25) is 4.79 Å². The van der Waals surface area contributed by atoms with Gasteiger partial charge in [0.1, 0.15) is 22.5 Å². The lowest BCUT2D eigenvalue weighted by Gasteiger charge is -2.14. The second kappa shape index (κ2) is 10.0. The van der Waals surface area contributed by atoms with E-state index in [2.05, 4.69) is 26.9 Å². The predicted octanol–water partition coefficient (Wildman–Crippen LogP) is 2.14. The zero-order valence-electron chi connectivity index (χ0n) is 13.8. The molecule has 0 aliphatic heterocycles. The molecule has 0 radical (unpaired) electrons. The van der Waals surface area contributed by atoms with Gasteiger partial charge in [-0.1, -0.05) is 18.2 Å². The van der Waals surface area contributed by atoms with Crippen molar-refractivity contribution in [3.05, 3.63) is 59.0 Å². The number of nitrogens with zero attached hydrogens (tertiary/aromatic N) is 3. The van der Waals surface area contributed by atoms with E-state index in [1.54, 1.807) is 6.92 Å². The fourth-order valence-electron chi connectivity index (χ4n) is 1.68. The number of nitrogens with one attached hydrogen (secondary N) is 1. The van der Waals surface area contributed by atoms with Crippen molar-refractivity contribution < 1.29 is 13.6 Å². The molecule has 0 aliphatic rings. The monoisotopic (exact) mass is 382 g/mol. The maximum absolute atomic E-state index is 13.5. The number of carbonyl (C=O) groups excluding carboxylic acids is 1. The summed E-state index contributed by atoms with van der Waals surface area (Å²) >= 11 is 5.39. The summed E-state index contributed by atoms with van der Waals surface area (Å²) in [6.45, 7) is 5.14. The van der Waals surface area contributed by atoms with Crippen LogP contribution in [0, 0.1) is 11.6 Å². The van der Waals surface area contributed by atoms with Crippen molar-refractivity contribution in [1.82, 2.24) is 5.32 Å². The second-order valence-electron chi connectivity index (χ2n) is 4.78. The highest BCUT2D eigenvalue weighted by molar-refractivity contribution is 6.31. The molecule has 5 N–H and O–H groups in total. The molecule has 1 rings (SSSR count). The van der Waals surface area contributed by atoms with E-state index in [4.69, 9.17) is 23.1 Å². The molecule has 1 amide bonds. The van der Waals surface area contributed by atoms with Crippen LogP contribution in [0.15, 0.2) is 51.8 Å². The number of rotatable bonds is 6. The molecule has 0 saturated carbocycles. The van der Waals surface area contributed by atoms with Gasteiger partial charge in [-0.15, -0.1) is 0 Å². The van der Waals surface area contributed by atoms with Crippen LogP contribution < -0.4 is 16.8 Å². The second-order valence-corrected chi connectivity index (χ2v) is 5.15. The van der Waals surface area contributed by atoms with Crippen LogP contribution >= 0.6 is 11.6 Å². The van der Waals surface area contributed by atoms with E-state index < -0.39 is 28.6 Å². The summed E-state index contributed by atoms with van der Waals surface area (Å²) in [6.07, 6.45) is 5.06. The number of hydrogen-bond donors (Lipinski definition) is 3. The number of halogens is 3. The third kappa shape index (κ3) is 6.10. The number of amidine groups is 1. The zero-order valence-corrected chi connectivity index (χ0v) is 14.5. The van der Waals surface area contributed by atoms with Gasteiger partial charge in [0.15, 0.2) is 5.84 Å². The standard InChI is InChI=1S/C16H17ClF2N6O/c1-9(15(23-8-21)25-10(2)22-5-3-4-20)24-16(26)11-6-12(18)14(17)13(19)7-11/h3-9H,2,20H2,1H3,(H,24,26)(H2,21,23,25)/b4-3-,22-5?/t9-/m0/s1. The number of allylic oxidation sites excluding steroid dienone is 1. The van der Waals surface area contributed by atoms with Crippen molar-refractivity contribution in [2.45, 2.75) is 13.0 Å². The Morgan fingerprint density at radius 1 is 1.31 bits per heavy atom. The van der Waals surface area contributed by atoms with Crippen molar-refractivity contribution in [3.63, 3.8) is 0 Å². The topological polar surface area (TPSA) is 118 Å². The average Bonchev–Trinajstić information content (AvgIpc) is 2.58. The van der Waals surface area contributed by atoms with E-state index in [0.717, 1.165) is 18.5 Å². The summed E-state index contributed by atoms with van der Waals surface area (Å²) in [5, 5.41) is 1.80. The minimum Gasteiger partial charge on any atom is -0.405 e. The number of aliphatic imine (C=N–C) groups is 3. The third-order valence-corrected chi connectivity index (χ3v) is 3.21. The molecule has 0 heterocycles. The lowest BCUT2D eigenvalue weighted by molar-refractivity contribution is 0.0948. The molecule has 10 heteroatoms. The average molecular weight is 383 g/mol. The van der Waals surface area contributed by atoms with Gasteiger partial charge in [-0.2, -0.15) is 0 Å². The molecule has 0 saturated heterocycles. The maximum Gasteiger partial charge on any atom is 0.252 e. The Bertz CT molecular complexity index is 781. The van der Waals surface area contributed by atoms with Gasteiger partial charge >= 0.3 is 0 Å². The molecule has 0 spiro atoms. The normalized spacial score (nSPS) is 13.6. The largest absolute Gasteiger partial charge is 0.405 e. The molecule has 26 heavy (non-hydrogen) atoms. The quantitative estimate of drug-likeness (QED) is 0.397. The number of carbonyl (C=O) groups is 1. The summed E-state index contributed by atoms with van der Waals surface area (Å²) in [4.78, 5) is 23.9. The fraction of sp³-hybridized carbons (Fsp3) is 0.125. The Morgan fingerprint density at radius 2 is 1.92 bits per heavy atom. The molecule has 0 unspecified atom stereocenters. The first kappa shape index (κ1) is 21.0. The van der Waals surface area contributed by atoms with Crippen molar-refractivity contribution in [2.24, 2.45) is 26.4 Å². The van der Waals surface area contributed by atoms with E-state index in [9.17, 15) is 13.6 Å². The zero-order chi connectivity index (χ0) is 19.7. The maximum atomic E-state index is 13.5. The summed E-state index contributed by atoms with van der Waals surface area (Å²) in [5.74, 6) is -2.70. The molecular formula is C16H17ClF2N6O. The Hall–Kier alpha value is -3.07. The Kier molecular flexibility index (Phi) is 8.10. The highest BCUT2D eigenvalue weighted by Crippen LogP contribution is 2.20. The van der Waals surface area contributed by atoms with Crippen molar-refractivity contribution in [3.8, 4) is 0 Å². The number of nitrogens with two attached hydrogens (primary N) is 2. The molecule has 0 fully saturated rings. The van der Waals surface area contributed by atoms with Crippen LogP contribution in [0.1, 0.15) is 17.3 Å². The highest BCUT2D eigenvalue weighted by atomic mass is 35.5. The Balaban J connectivity index is 2.98. The van der Waals surface area contributed by atoms with Crippen LogP contribution in [0.25, 0.3) is 0 Å². The Labute approximate surface area is 153 Å². The van der Waals surface area contributed by atoms with Gasteiger partial charge in [-0.05, 0) is 31.3 Å². The van der Waals surface area contributed by atoms with Crippen LogP contribution in [0.5, 0.6) is 0 Å². The molecule has 0 bridgehead atoms. The third-order valence-electron chi connectivity index (χ3n) is 2.85. The van der Waals surface area contributed by atoms with Gasteiger partial charge in [-0.25, -0.2) is 23.8 Å². The van der Waals surface area contributed by atoms with Crippen molar-refractivity contribution in [1.29, 1.82) is 0 Å². The van der Waals surface area contributed by atoms with Gasteiger partial charge in [0.05, 0.1) is 12.4 Å². The number of benzene rings is 1. The van der Waals surface area contributed by atoms with Crippen LogP contribution in [-0.4, -0.2) is 30.3 Å². The molecule has 1 aromatic rings. The van der Waals surface area contributed by atoms with Crippen molar-refractivity contribution in [2.75, 3.05) is 0 Å². The first-order chi connectivity index (χ1) is 12.3. The van der Waals surface area contributed by atoms with Crippen LogP contribution in [0.3, 0.4) is 0 Å². The summed E-state index contributed by atoms with van der Waals surface area (Å²) in [6, 6.07) is 0.874.